The monoisotopic (exact) mass is 1050 g/mol. The van der Waals surface area contributed by atoms with Crippen LogP contribution in [0.4, 0.5) is 11.4 Å². The first-order valence-electron chi connectivity index (χ1n) is 18.0. The third kappa shape index (κ3) is 20.6. The number of nitrogens with zero attached hydrogens (tertiary/aromatic N) is 1. The van der Waals surface area contributed by atoms with E-state index < -0.39 is 40.5 Å². The van der Waals surface area contributed by atoms with Gasteiger partial charge in [-0.15, -0.1) is 0 Å². The standard InChI is InChI=1S/C12H11Cl2NO2.C12H9Cl2NO2.C12H13NO3.2C2H4O2.Cl3OP.H3N/c2*1-2-17-12(16)9-10(13)7-5-3-4-6-8(7)15-11(9)14;1-2-16-12(15)9-7-13-10-6-4-3-5-8(10)11(9)14;2*1-2(3)4;1-5(2,3)4;/h3-6,11,15H,2H2,1H3;3-6H,2H2,1H3;3-6,13-14H,2,7H2,1H3;2*1H3,(H,3,4);;1H3. The molecule has 4 aromatic rings. The first-order valence-corrected chi connectivity index (χ1v) is 24.0. The summed E-state index contributed by atoms with van der Waals surface area (Å²) in [4.78, 5) is 57.1. The van der Waals surface area contributed by atoms with E-state index in [2.05, 4.69) is 49.3 Å². The highest BCUT2D eigenvalue weighted by Crippen LogP contribution is 2.61. The molecule has 2 aliphatic rings. The summed E-state index contributed by atoms with van der Waals surface area (Å²) in [6.45, 7) is 8.50. The molecule has 1 unspecified atom stereocenters. The summed E-state index contributed by atoms with van der Waals surface area (Å²) in [6.07, 6.45) is 0. The van der Waals surface area contributed by atoms with Crippen LogP contribution in [0.25, 0.3) is 21.7 Å². The lowest BCUT2D eigenvalue weighted by molar-refractivity contribution is -0.139. The molecule has 2 aliphatic heterocycles. The smallest absolute Gasteiger partial charge is 0.342 e. The fraction of sp³-hybridized carbons (Fsp3) is 0.250. The second-order valence-electron chi connectivity index (χ2n) is 11.7. The molecule has 0 bridgehead atoms. The van der Waals surface area contributed by atoms with Crippen molar-refractivity contribution in [3.05, 3.63) is 111 Å². The van der Waals surface area contributed by atoms with Crippen LogP contribution in [-0.2, 0) is 38.0 Å². The van der Waals surface area contributed by atoms with Gasteiger partial charge in [0.05, 0.1) is 53.1 Å². The average molecular weight is 1050 g/mol. The number of aliphatic hydroxyl groups excluding tert-OH is 1. The Hall–Kier alpha value is -4.48. The van der Waals surface area contributed by atoms with Crippen LogP contribution in [0, 0.1) is 0 Å². The quantitative estimate of drug-likeness (QED) is 0.0262. The number of aliphatic carboxylic acids is 2. The second kappa shape index (κ2) is 29.9. The maximum absolute atomic E-state index is 11.7. The normalized spacial score (nSPS) is 12.9. The highest BCUT2D eigenvalue weighted by atomic mass is 36.0. The Bertz CT molecular complexity index is 2340. The molecule has 0 amide bonds. The Labute approximate surface area is 403 Å². The van der Waals surface area contributed by atoms with Crippen molar-refractivity contribution in [2.24, 2.45) is 0 Å². The van der Waals surface area contributed by atoms with Crippen LogP contribution in [0.15, 0.2) is 83.9 Å². The summed E-state index contributed by atoms with van der Waals surface area (Å²) in [5.41, 5.74) is 3.67. The van der Waals surface area contributed by atoms with Crippen LogP contribution in [0.2, 0.25) is 10.2 Å². The van der Waals surface area contributed by atoms with E-state index in [0.717, 1.165) is 30.8 Å². The largest absolute Gasteiger partial charge is 0.507 e. The van der Waals surface area contributed by atoms with Crippen LogP contribution in [0.1, 0.15) is 56.1 Å². The van der Waals surface area contributed by atoms with Crippen molar-refractivity contribution in [1.29, 1.82) is 0 Å². The summed E-state index contributed by atoms with van der Waals surface area (Å²) in [5.74, 6) is -3.17. The summed E-state index contributed by atoms with van der Waals surface area (Å²) in [6, 6.07) is 21.9. The lowest BCUT2D eigenvalue weighted by Crippen LogP contribution is -2.27. The maximum atomic E-state index is 11.7. The summed E-state index contributed by atoms with van der Waals surface area (Å²) >= 11 is 38.2. The van der Waals surface area contributed by atoms with Gasteiger partial charge in [-0.1, -0.05) is 94.9 Å². The lowest BCUT2D eigenvalue weighted by Gasteiger charge is -2.24. The number of carboxylic acids is 2. The van der Waals surface area contributed by atoms with E-state index in [1.165, 1.54) is 0 Å². The number of para-hydroxylation sites is 3. The zero-order chi connectivity index (χ0) is 48.0. The minimum absolute atomic E-state index is 0. The second-order valence-corrected chi connectivity index (χ2v) is 19.9. The molecule has 1 atom stereocenters. The molecule has 8 N–H and O–H groups in total. The fourth-order valence-corrected chi connectivity index (χ4v) is 6.21. The van der Waals surface area contributed by atoms with Gasteiger partial charge in [0.15, 0.2) is 0 Å². The van der Waals surface area contributed by atoms with Gasteiger partial charge in [0.25, 0.3) is 11.9 Å². The minimum atomic E-state index is -3.22. The number of carbonyl (C=O) groups excluding carboxylic acids is 3. The number of esters is 3. The molecule has 64 heavy (non-hydrogen) atoms. The molecule has 0 aliphatic carbocycles. The Kier molecular flexibility index (Phi) is 27.8. The van der Waals surface area contributed by atoms with E-state index in [-0.39, 0.29) is 52.0 Å². The topological polar surface area (TPSA) is 263 Å². The molecule has 0 radical (unpaired) electrons. The molecule has 3 aromatic carbocycles. The Morgan fingerprint density at radius 3 is 1.70 bits per heavy atom. The Morgan fingerprint density at radius 1 is 0.734 bits per heavy atom. The van der Waals surface area contributed by atoms with E-state index in [9.17, 15) is 24.1 Å². The maximum Gasteiger partial charge on any atom is 0.342 e. The van der Waals surface area contributed by atoms with Crippen molar-refractivity contribution >= 4 is 148 Å². The van der Waals surface area contributed by atoms with Gasteiger partial charge in [0.1, 0.15) is 22.0 Å². The van der Waals surface area contributed by atoms with Crippen LogP contribution in [0.3, 0.4) is 0 Å². The number of aromatic nitrogens is 1. The number of hydrogen-bond donors (Lipinski definition) is 6. The highest BCUT2D eigenvalue weighted by molar-refractivity contribution is 8.24. The Morgan fingerprint density at radius 2 is 1.17 bits per heavy atom. The summed E-state index contributed by atoms with van der Waals surface area (Å²) < 4.78 is 24.2. The molecule has 0 spiro atoms. The molecule has 0 saturated heterocycles. The number of benzene rings is 3. The van der Waals surface area contributed by atoms with E-state index >= 15 is 0 Å². The molecule has 0 saturated carbocycles. The first kappa shape index (κ1) is 59.5. The molecular formula is C40H44Cl7N4O12P. The van der Waals surface area contributed by atoms with Crippen LogP contribution >= 0.6 is 85.3 Å². The van der Waals surface area contributed by atoms with Gasteiger partial charge in [0, 0.05) is 41.7 Å². The van der Waals surface area contributed by atoms with Gasteiger partial charge in [-0.3, -0.25) is 14.2 Å². The molecule has 1 aromatic heterocycles. The molecule has 350 valence electrons. The highest BCUT2D eigenvalue weighted by Gasteiger charge is 2.30. The number of halogens is 7. The van der Waals surface area contributed by atoms with Crippen molar-refractivity contribution in [3.8, 4) is 0 Å². The molecule has 0 fully saturated rings. The number of anilines is 2. The van der Waals surface area contributed by atoms with Gasteiger partial charge in [-0.05, 0) is 78.8 Å². The third-order valence-corrected chi connectivity index (χ3v) is 8.54. The van der Waals surface area contributed by atoms with Crippen LogP contribution < -0.4 is 16.8 Å². The third-order valence-electron chi connectivity index (χ3n) is 7.14. The zero-order valence-electron chi connectivity index (χ0n) is 34.6. The SMILES string of the molecule is CC(=O)O.CC(=O)O.CCOC(=O)C1=C(Cl)c2ccccc2NC1Cl.CCOC(=O)C1=C(O)c2ccccc2NC1.CCOC(=O)c1c(Cl)nc2ccccc2c1Cl.N.O=P(Cl)(Cl)Cl. The van der Waals surface area contributed by atoms with Crippen molar-refractivity contribution in [1.82, 2.24) is 11.1 Å². The molecule has 24 heteroatoms. The predicted octanol–water partition coefficient (Wildman–Crippen LogP) is 12.0. The zero-order valence-corrected chi connectivity index (χ0v) is 40.8. The fourth-order valence-electron chi connectivity index (χ4n) is 4.85. The van der Waals surface area contributed by atoms with Crippen molar-refractivity contribution in [2.75, 3.05) is 37.0 Å². The number of ether oxygens (including phenoxy) is 3. The van der Waals surface area contributed by atoms with Crippen molar-refractivity contribution < 1.29 is 58.1 Å². The van der Waals surface area contributed by atoms with Crippen LogP contribution in [0.5, 0.6) is 0 Å². The van der Waals surface area contributed by atoms with Crippen molar-refractivity contribution in [3.63, 3.8) is 0 Å². The van der Waals surface area contributed by atoms with E-state index in [1.807, 2.05) is 54.6 Å². The van der Waals surface area contributed by atoms with Gasteiger partial charge in [-0.2, -0.15) is 0 Å². The molecule has 6 rings (SSSR count). The average Bonchev–Trinajstić information content (AvgIpc) is 3.18. The molecule has 3 heterocycles. The number of nitrogens with one attached hydrogen (secondary N) is 2. The van der Waals surface area contributed by atoms with E-state index in [0.29, 0.717) is 34.7 Å². The van der Waals surface area contributed by atoms with Gasteiger partial charge >= 0.3 is 23.1 Å². The molecular weight excluding hydrogens is 1010 g/mol. The first-order chi connectivity index (χ1) is 29.5. The summed E-state index contributed by atoms with van der Waals surface area (Å²) in [5, 5.41) is 29.0. The van der Waals surface area contributed by atoms with Gasteiger partial charge in [-0.25, -0.2) is 19.4 Å². The number of fused-ring (bicyclic) bond motifs is 3. The van der Waals surface area contributed by atoms with E-state index in [4.69, 9.17) is 80.4 Å². The predicted molar refractivity (Wildman–Crippen MR) is 255 cm³/mol. The lowest BCUT2D eigenvalue weighted by atomic mass is 10.0. The molecule has 16 nitrogen and oxygen atoms in total. The Balaban J connectivity index is 0.000000811. The number of hydrogen-bond acceptors (Lipinski definition) is 14. The van der Waals surface area contributed by atoms with Gasteiger partial charge in [0.2, 0.25) is 0 Å². The number of alkyl halides is 1. The summed E-state index contributed by atoms with van der Waals surface area (Å²) in [7, 11) is 0. The number of carbonyl (C=O) groups is 5. The number of carboxylic acid groups (broad SMARTS) is 2. The number of pyridine rings is 1. The number of rotatable bonds is 6. The van der Waals surface area contributed by atoms with Crippen LogP contribution in [-0.4, -0.2) is 82.0 Å². The minimum Gasteiger partial charge on any atom is -0.507 e. The van der Waals surface area contributed by atoms with E-state index in [1.54, 1.807) is 39.0 Å². The van der Waals surface area contributed by atoms with Gasteiger partial charge < -0.3 is 46.3 Å². The number of aliphatic hydroxyl groups is 1. The van der Waals surface area contributed by atoms with Crippen molar-refractivity contribution in [2.45, 2.75) is 40.1 Å².